The van der Waals surface area contributed by atoms with E-state index >= 15 is 0 Å². The van der Waals surface area contributed by atoms with Gasteiger partial charge in [-0.3, -0.25) is 9.59 Å². The highest BCUT2D eigenvalue weighted by atomic mass is 16.4. The van der Waals surface area contributed by atoms with Gasteiger partial charge in [-0.1, -0.05) is 0 Å². The zero-order valence-electron chi connectivity index (χ0n) is 10.9. The molecule has 1 amide bonds. The molecule has 2 atom stereocenters. The van der Waals surface area contributed by atoms with Crippen LogP contribution in [0.4, 0.5) is 0 Å². The molecule has 0 spiro atoms. The minimum absolute atomic E-state index is 0.00815. The summed E-state index contributed by atoms with van der Waals surface area (Å²) in [5.41, 5.74) is 0. The van der Waals surface area contributed by atoms with Gasteiger partial charge in [-0.05, 0) is 38.5 Å². The highest BCUT2D eigenvalue weighted by Crippen LogP contribution is 2.32. The molecule has 2 N–H and O–H groups in total. The second-order valence-corrected chi connectivity index (χ2v) is 5.48. The summed E-state index contributed by atoms with van der Waals surface area (Å²) in [5.74, 6) is -0.513. The molecule has 2 saturated heterocycles. The summed E-state index contributed by atoms with van der Waals surface area (Å²) in [6, 6.07) is 1.16. The van der Waals surface area contributed by atoms with Gasteiger partial charge in [-0.2, -0.15) is 0 Å². The average Bonchev–Trinajstić information content (AvgIpc) is 2.65. The van der Waals surface area contributed by atoms with E-state index < -0.39 is 5.97 Å². The number of aliphatic carboxylic acids is 1. The predicted octanol–water partition coefficient (Wildman–Crippen LogP) is 0.840. The molecular formula is C13H22N2O3. The van der Waals surface area contributed by atoms with E-state index in [0.717, 1.165) is 12.8 Å². The van der Waals surface area contributed by atoms with E-state index in [2.05, 4.69) is 5.32 Å². The van der Waals surface area contributed by atoms with Crippen LogP contribution in [0.25, 0.3) is 0 Å². The zero-order valence-corrected chi connectivity index (χ0v) is 10.9. The number of carboxylic acids is 1. The number of nitrogens with zero attached hydrogens (tertiary/aromatic N) is 1. The van der Waals surface area contributed by atoms with E-state index in [-0.39, 0.29) is 12.5 Å². The molecule has 0 aromatic heterocycles. The van der Waals surface area contributed by atoms with E-state index in [1.165, 1.54) is 17.7 Å². The van der Waals surface area contributed by atoms with Crippen molar-refractivity contribution < 1.29 is 14.7 Å². The molecule has 0 saturated carbocycles. The van der Waals surface area contributed by atoms with Gasteiger partial charge in [-0.25, -0.2) is 0 Å². The van der Waals surface area contributed by atoms with Crippen LogP contribution in [-0.2, 0) is 9.59 Å². The minimum Gasteiger partial charge on any atom is -0.480 e. The fraction of sp³-hybridized carbons (Fsp3) is 0.846. The number of hydrogen-bond donors (Lipinski definition) is 2. The van der Waals surface area contributed by atoms with Crippen molar-refractivity contribution in [3.63, 3.8) is 0 Å². The normalized spacial score (nSPS) is 30.2. The molecule has 2 heterocycles. The van der Waals surface area contributed by atoms with E-state index in [9.17, 15) is 9.59 Å². The van der Waals surface area contributed by atoms with Gasteiger partial charge in [0.15, 0.2) is 0 Å². The van der Waals surface area contributed by atoms with Gasteiger partial charge in [0, 0.05) is 25.0 Å². The maximum absolute atomic E-state index is 12.1. The number of amides is 1. The second kappa shape index (κ2) is 5.69. The standard InChI is InChI=1S/C13H22N2O3/c1-2-15(8-13(17)18)12(16)7-9-5-10-3-4-11(6-9)14-10/h9-11,14H,2-8H2,1H3,(H,17,18). The van der Waals surface area contributed by atoms with E-state index in [1.54, 1.807) is 0 Å². The van der Waals surface area contributed by atoms with Crippen LogP contribution in [0.1, 0.15) is 39.0 Å². The lowest BCUT2D eigenvalue weighted by Crippen LogP contribution is -2.41. The molecule has 0 aliphatic carbocycles. The van der Waals surface area contributed by atoms with E-state index in [4.69, 9.17) is 5.11 Å². The predicted molar refractivity (Wildman–Crippen MR) is 67.2 cm³/mol. The lowest BCUT2D eigenvalue weighted by Gasteiger charge is -2.30. The third-order valence-corrected chi connectivity index (χ3v) is 4.09. The first-order valence-electron chi connectivity index (χ1n) is 6.84. The van der Waals surface area contributed by atoms with Gasteiger partial charge in [0.25, 0.3) is 0 Å². The van der Waals surface area contributed by atoms with Crippen molar-refractivity contribution in [3.8, 4) is 0 Å². The number of fused-ring (bicyclic) bond motifs is 2. The highest BCUT2D eigenvalue weighted by molar-refractivity contribution is 5.81. The van der Waals surface area contributed by atoms with Crippen LogP contribution in [0.15, 0.2) is 0 Å². The Labute approximate surface area is 108 Å². The minimum atomic E-state index is -0.935. The Kier molecular flexibility index (Phi) is 4.22. The van der Waals surface area contributed by atoms with Crippen LogP contribution >= 0.6 is 0 Å². The number of nitrogens with one attached hydrogen (secondary N) is 1. The van der Waals surface area contributed by atoms with Crippen LogP contribution in [0.2, 0.25) is 0 Å². The van der Waals surface area contributed by atoms with Crippen LogP contribution in [0.3, 0.4) is 0 Å². The molecule has 5 nitrogen and oxygen atoms in total. The summed E-state index contributed by atoms with van der Waals surface area (Å²) in [4.78, 5) is 24.2. The lowest BCUT2D eigenvalue weighted by molar-refractivity contribution is -0.144. The SMILES string of the molecule is CCN(CC(=O)O)C(=O)CC1CC2CCC(C1)N2. The topological polar surface area (TPSA) is 69.6 Å². The van der Waals surface area contributed by atoms with Crippen molar-refractivity contribution in [1.82, 2.24) is 10.2 Å². The Hall–Kier alpha value is -1.10. The first-order chi connectivity index (χ1) is 8.58. The number of rotatable bonds is 5. The third kappa shape index (κ3) is 3.22. The second-order valence-electron chi connectivity index (χ2n) is 5.48. The number of carbonyl (C=O) groups excluding carboxylic acids is 1. The van der Waals surface area contributed by atoms with Crippen LogP contribution < -0.4 is 5.32 Å². The molecule has 2 fully saturated rings. The van der Waals surface area contributed by atoms with E-state index in [0.29, 0.717) is 31.0 Å². The van der Waals surface area contributed by atoms with Gasteiger partial charge >= 0.3 is 5.97 Å². The Morgan fingerprint density at radius 1 is 1.28 bits per heavy atom. The fourth-order valence-corrected chi connectivity index (χ4v) is 3.26. The number of carboxylic acid groups (broad SMARTS) is 1. The van der Waals surface area contributed by atoms with Gasteiger partial charge in [0.1, 0.15) is 6.54 Å². The summed E-state index contributed by atoms with van der Waals surface area (Å²) in [5, 5.41) is 12.3. The molecule has 2 rings (SSSR count). The number of piperidine rings is 1. The summed E-state index contributed by atoms with van der Waals surface area (Å²) >= 11 is 0. The van der Waals surface area contributed by atoms with Crippen molar-refractivity contribution in [3.05, 3.63) is 0 Å². The summed E-state index contributed by atoms with van der Waals surface area (Å²) < 4.78 is 0. The lowest BCUT2D eigenvalue weighted by atomic mass is 9.89. The Morgan fingerprint density at radius 3 is 2.39 bits per heavy atom. The molecular weight excluding hydrogens is 232 g/mol. The van der Waals surface area contributed by atoms with Gasteiger partial charge in [0.05, 0.1) is 0 Å². The molecule has 2 aliphatic heterocycles. The molecule has 18 heavy (non-hydrogen) atoms. The van der Waals surface area contributed by atoms with Crippen LogP contribution in [0, 0.1) is 5.92 Å². The molecule has 2 aliphatic rings. The molecule has 2 unspecified atom stereocenters. The van der Waals surface area contributed by atoms with Crippen molar-refractivity contribution >= 4 is 11.9 Å². The van der Waals surface area contributed by atoms with Crippen molar-refractivity contribution in [2.75, 3.05) is 13.1 Å². The summed E-state index contributed by atoms with van der Waals surface area (Å²) in [6.45, 7) is 2.13. The molecule has 102 valence electrons. The van der Waals surface area contributed by atoms with Gasteiger partial charge in [-0.15, -0.1) is 0 Å². The van der Waals surface area contributed by atoms with Crippen molar-refractivity contribution in [2.24, 2.45) is 5.92 Å². The Balaban J connectivity index is 1.84. The highest BCUT2D eigenvalue weighted by Gasteiger charge is 2.34. The summed E-state index contributed by atoms with van der Waals surface area (Å²) in [7, 11) is 0. The fourth-order valence-electron chi connectivity index (χ4n) is 3.26. The molecule has 0 aromatic rings. The van der Waals surface area contributed by atoms with E-state index in [1.807, 2.05) is 6.92 Å². The first kappa shape index (κ1) is 13.3. The maximum Gasteiger partial charge on any atom is 0.323 e. The molecule has 2 bridgehead atoms. The number of carbonyl (C=O) groups is 2. The first-order valence-corrected chi connectivity index (χ1v) is 6.84. The van der Waals surface area contributed by atoms with Gasteiger partial charge < -0.3 is 15.3 Å². The van der Waals surface area contributed by atoms with Crippen LogP contribution in [-0.4, -0.2) is 47.1 Å². The Bertz CT molecular complexity index is 320. The maximum atomic E-state index is 12.1. The Morgan fingerprint density at radius 2 is 1.89 bits per heavy atom. The van der Waals surface area contributed by atoms with Crippen molar-refractivity contribution in [2.45, 2.75) is 51.1 Å². The number of likely N-dealkylation sites (N-methyl/N-ethyl adjacent to an activating group) is 1. The monoisotopic (exact) mass is 254 g/mol. The quantitative estimate of drug-likeness (QED) is 0.763. The summed E-state index contributed by atoms with van der Waals surface area (Å²) in [6.07, 6.45) is 5.08. The zero-order chi connectivity index (χ0) is 13.1. The smallest absolute Gasteiger partial charge is 0.323 e. The molecule has 5 heteroatoms. The van der Waals surface area contributed by atoms with Gasteiger partial charge in [0.2, 0.25) is 5.91 Å². The number of hydrogen-bond acceptors (Lipinski definition) is 3. The third-order valence-electron chi connectivity index (χ3n) is 4.09. The average molecular weight is 254 g/mol. The van der Waals surface area contributed by atoms with Crippen LogP contribution in [0.5, 0.6) is 0 Å². The van der Waals surface area contributed by atoms with Crippen molar-refractivity contribution in [1.29, 1.82) is 0 Å². The molecule has 0 radical (unpaired) electrons. The molecule has 0 aromatic carbocycles. The largest absolute Gasteiger partial charge is 0.480 e.